The maximum Gasteiger partial charge on any atom is 1.00 e. The second-order valence-electron chi connectivity index (χ2n) is 3.53. The van der Waals surface area contributed by atoms with E-state index in [4.69, 9.17) is 5.73 Å². The molecule has 1 aromatic rings. The summed E-state index contributed by atoms with van der Waals surface area (Å²) >= 11 is 0. The number of nitrogens with two attached hydrogens (primary N) is 1. The number of carbonyl (C=O) groups is 2. The smallest absolute Gasteiger partial charge is 0.426 e. The van der Waals surface area contributed by atoms with Crippen LogP contribution in [0.15, 0.2) is 24.3 Å². The van der Waals surface area contributed by atoms with Gasteiger partial charge in [0.05, 0.1) is 0 Å². The molecule has 1 atom stereocenters. The van der Waals surface area contributed by atoms with Crippen molar-refractivity contribution in [2.24, 2.45) is 5.73 Å². The van der Waals surface area contributed by atoms with Crippen molar-refractivity contribution in [3.05, 3.63) is 41.9 Å². The van der Waals surface area contributed by atoms with Gasteiger partial charge in [-0.2, -0.15) is 0 Å². The SMILES string of the molecule is C[C@@H](N)[CH-]N1C(=O)c2ccccc2C1=O.[Au+]. The van der Waals surface area contributed by atoms with Crippen LogP contribution in [0, 0.1) is 6.54 Å². The van der Waals surface area contributed by atoms with Gasteiger partial charge in [-0.25, -0.2) is 6.54 Å². The number of hydrogen-bond donors (Lipinski definition) is 1. The topological polar surface area (TPSA) is 63.4 Å². The van der Waals surface area contributed by atoms with E-state index in [1.165, 1.54) is 6.54 Å². The summed E-state index contributed by atoms with van der Waals surface area (Å²) in [5.74, 6) is -0.596. The van der Waals surface area contributed by atoms with Gasteiger partial charge in [0.15, 0.2) is 0 Å². The van der Waals surface area contributed by atoms with E-state index in [1.54, 1.807) is 31.2 Å². The fraction of sp³-hybridized carbons (Fsp3) is 0.182. The van der Waals surface area contributed by atoms with E-state index >= 15 is 0 Å². The third kappa shape index (κ3) is 2.10. The van der Waals surface area contributed by atoms with Crippen LogP contribution >= 0.6 is 0 Å². The summed E-state index contributed by atoms with van der Waals surface area (Å²) in [6.07, 6.45) is 0. The first-order valence-electron chi connectivity index (χ1n) is 4.69. The number of hydrogen-bond acceptors (Lipinski definition) is 3. The third-order valence-corrected chi connectivity index (χ3v) is 2.21. The van der Waals surface area contributed by atoms with Crippen molar-refractivity contribution in [1.29, 1.82) is 0 Å². The summed E-state index contributed by atoms with van der Waals surface area (Å²) in [5.41, 5.74) is 6.42. The van der Waals surface area contributed by atoms with Gasteiger partial charge >= 0.3 is 22.4 Å². The summed E-state index contributed by atoms with van der Waals surface area (Å²) in [5, 5.41) is 0. The Morgan fingerprint density at radius 2 is 1.62 bits per heavy atom. The molecule has 88 valence electrons. The van der Waals surface area contributed by atoms with E-state index in [1.807, 2.05) is 0 Å². The minimum absolute atomic E-state index is 0. The number of carbonyl (C=O) groups excluding carboxylic acids is 2. The van der Waals surface area contributed by atoms with Crippen LogP contribution in [0.3, 0.4) is 0 Å². The quantitative estimate of drug-likeness (QED) is 0.454. The molecular formula is C11H11AuN2O2. The Balaban J connectivity index is 0.00000128. The average molecular weight is 400 g/mol. The van der Waals surface area contributed by atoms with Gasteiger partial charge in [-0.3, -0.25) is 9.59 Å². The first-order chi connectivity index (χ1) is 7.11. The van der Waals surface area contributed by atoms with E-state index in [0.29, 0.717) is 11.1 Å². The fourth-order valence-corrected chi connectivity index (χ4v) is 1.58. The maximum absolute atomic E-state index is 11.8. The van der Waals surface area contributed by atoms with Crippen LogP contribution in [0.1, 0.15) is 27.6 Å². The zero-order valence-electron chi connectivity index (χ0n) is 8.61. The first-order valence-corrected chi connectivity index (χ1v) is 4.69. The molecule has 1 heterocycles. The van der Waals surface area contributed by atoms with Gasteiger partial charge in [-0.15, -0.1) is 6.04 Å². The van der Waals surface area contributed by atoms with Crippen molar-refractivity contribution in [2.75, 3.05) is 0 Å². The average Bonchev–Trinajstić information content (AvgIpc) is 2.44. The molecule has 4 nitrogen and oxygen atoms in total. The Morgan fingerprint density at radius 1 is 1.19 bits per heavy atom. The third-order valence-electron chi connectivity index (χ3n) is 2.21. The van der Waals surface area contributed by atoms with Crippen LogP contribution < -0.4 is 5.73 Å². The van der Waals surface area contributed by atoms with Crippen LogP contribution in [0.2, 0.25) is 0 Å². The number of amides is 2. The molecular weight excluding hydrogens is 389 g/mol. The molecule has 2 N–H and O–H groups in total. The Labute approximate surface area is 109 Å². The van der Waals surface area contributed by atoms with Gasteiger partial charge < -0.3 is 10.6 Å². The second-order valence-corrected chi connectivity index (χ2v) is 3.53. The molecule has 0 unspecified atom stereocenters. The Bertz CT molecular complexity index is 397. The minimum atomic E-state index is -0.327. The molecule has 2 amide bonds. The van der Waals surface area contributed by atoms with E-state index in [2.05, 4.69) is 0 Å². The predicted octanol–water partition coefficient (Wildman–Crippen LogP) is 0.789. The summed E-state index contributed by atoms with van der Waals surface area (Å²) in [6, 6.07) is 6.43. The van der Waals surface area contributed by atoms with Crippen LogP contribution in [0.25, 0.3) is 0 Å². The summed E-state index contributed by atoms with van der Waals surface area (Å²) in [6.45, 7) is 3.15. The van der Waals surface area contributed by atoms with E-state index in [-0.39, 0.29) is 40.2 Å². The number of nitrogens with zero attached hydrogens (tertiary/aromatic N) is 1. The predicted molar refractivity (Wildman–Crippen MR) is 54.9 cm³/mol. The Kier molecular flexibility index (Phi) is 4.04. The largest absolute Gasteiger partial charge is 1.00 e. The summed E-state index contributed by atoms with van der Waals surface area (Å²) in [7, 11) is 0. The Morgan fingerprint density at radius 3 is 2.00 bits per heavy atom. The molecule has 0 fully saturated rings. The van der Waals surface area contributed by atoms with Crippen molar-refractivity contribution in [1.82, 2.24) is 4.90 Å². The van der Waals surface area contributed by atoms with Gasteiger partial charge in [0.25, 0.3) is 0 Å². The number of benzene rings is 1. The molecule has 0 aliphatic carbocycles. The van der Waals surface area contributed by atoms with E-state index < -0.39 is 0 Å². The molecule has 0 spiro atoms. The van der Waals surface area contributed by atoms with Gasteiger partial charge in [0.2, 0.25) is 11.8 Å². The number of fused-ring (bicyclic) bond motifs is 1. The molecule has 2 rings (SSSR count). The fourth-order valence-electron chi connectivity index (χ4n) is 1.58. The molecule has 1 aliphatic heterocycles. The molecule has 0 saturated carbocycles. The Hall–Kier alpha value is -0.940. The van der Waals surface area contributed by atoms with Crippen LogP contribution in [-0.4, -0.2) is 22.8 Å². The van der Waals surface area contributed by atoms with Crippen molar-refractivity contribution in [3.63, 3.8) is 0 Å². The molecule has 5 heteroatoms. The normalized spacial score (nSPS) is 15.8. The van der Waals surface area contributed by atoms with Gasteiger partial charge in [0.1, 0.15) is 0 Å². The molecule has 1 aliphatic rings. The standard InChI is InChI=1S/C11H11N2O2.Au/c1-7(12)6-13-10(14)8-4-2-3-5-9(8)11(13)15;/h2-7H,12H2,1H3;/q-1;+1/t7-;/m1./s1. The van der Waals surface area contributed by atoms with E-state index in [9.17, 15) is 9.59 Å². The minimum Gasteiger partial charge on any atom is -0.426 e. The number of rotatable bonds is 2. The molecule has 0 saturated heterocycles. The second kappa shape index (κ2) is 4.93. The zero-order valence-corrected chi connectivity index (χ0v) is 10.8. The van der Waals surface area contributed by atoms with Crippen LogP contribution in [-0.2, 0) is 22.4 Å². The van der Waals surface area contributed by atoms with Crippen LogP contribution in [0.5, 0.6) is 0 Å². The molecule has 0 radical (unpaired) electrons. The van der Waals surface area contributed by atoms with Crippen molar-refractivity contribution >= 4 is 11.8 Å². The molecule has 16 heavy (non-hydrogen) atoms. The van der Waals surface area contributed by atoms with Crippen molar-refractivity contribution < 1.29 is 32.0 Å². The van der Waals surface area contributed by atoms with Crippen molar-refractivity contribution in [3.8, 4) is 0 Å². The molecule has 1 aromatic carbocycles. The summed E-state index contributed by atoms with van der Waals surface area (Å²) in [4.78, 5) is 24.6. The van der Waals surface area contributed by atoms with Gasteiger partial charge in [-0.05, 0) is 12.1 Å². The first kappa shape index (κ1) is 13.1. The molecule has 0 aromatic heterocycles. The maximum atomic E-state index is 11.8. The molecule has 0 bridgehead atoms. The monoisotopic (exact) mass is 400 g/mol. The summed E-state index contributed by atoms with van der Waals surface area (Å²) < 4.78 is 0. The van der Waals surface area contributed by atoms with Crippen LogP contribution in [0.4, 0.5) is 0 Å². The van der Waals surface area contributed by atoms with Gasteiger partial charge in [0, 0.05) is 11.1 Å². The van der Waals surface area contributed by atoms with E-state index in [0.717, 1.165) is 4.90 Å². The van der Waals surface area contributed by atoms with Crippen molar-refractivity contribution in [2.45, 2.75) is 13.0 Å². The number of imide groups is 1. The zero-order chi connectivity index (χ0) is 11.0. The van der Waals surface area contributed by atoms with Gasteiger partial charge in [-0.1, -0.05) is 19.1 Å².